The Bertz CT molecular complexity index is 747. The Kier molecular flexibility index (Phi) is 4.59. The molecule has 3 rings (SSSR count). The Morgan fingerprint density at radius 1 is 1.12 bits per heavy atom. The number of nitrogens with zero attached hydrogens (tertiary/aromatic N) is 3. The first kappa shape index (κ1) is 16.2. The summed E-state index contributed by atoms with van der Waals surface area (Å²) in [7, 11) is 1.95. The van der Waals surface area contributed by atoms with E-state index in [9.17, 15) is 9.59 Å². The van der Waals surface area contributed by atoms with Gasteiger partial charge in [-0.2, -0.15) is 0 Å². The molecule has 0 unspecified atom stereocenters. The van der Waals surface area contributed by atoms with Crippen LogP contribution in [0.4, 0.5) is 15.3 Å². The second-order valence-electron chi connectivity index (χ2n) is 5.77. The number of hydrogen-bond acceptors (Lipinski definition) is 3. The topological polar surface area (TPSA) is 66.8 Å². The summed E-state index contributed by atoms with van der Waals surface area (Å²) in [6, 6.07) is 7.79. The first-order valence-corrected chi connectivity index (χ1v) is 8.12. The number of amides is 3. The van der Waals surface area contributed by atoms with Gasteiger partial charge in [0, 0.05) is 50.3 Å². The van der Waals surface area contributed by atoms with Crippen molar-refractivity contribution in [1.82, 2.24) is 14.4 Å². The van der Waals surface area contributed by atoms with E-state index in [2.05, 4.69) is 5.32 Å². The molecule has 0 saturated carbocycles. The normalized spacial score (nSPS) is 14.8. The first-order valence-electron chi connectivity index (χ1n) is 8.12. The van der Waals surface area contributed by atoms with Gasteiger partial charge in [0.05, 0.1) is 12.3 Å². The molecule has 1 fully saturated rings. The van der Waals surface area contributed by atoms with Gasteiger partial charge in [0.25, 0.3) is 0 Å². The van der Waals surface area contributed by atoms with E-state index in [0.717, 1.165) is 16.6 Å². The van der Waals surface area contributed by atoms with Gasteiger partial charge < -0.3 is 24.4 Å². The largest absolute Gasteiger partial charge is 0.450 e. The molecule has 2 aromatic rings. The number of anilines is 1. The van der Waals surface area contributed by atoms with E-state index in [0.29, 0.717) is 32.8 Å². The van der Waals surface area contributed by atoms with Crippen LogP contribution >= 0.6 is 0 Å². The molecule has 2 heterocycles. The van der Waals surface area contributed by atoms with E-state index in [4.69, 9.17) is 4.74 Å². The van der Waals surface area contributed by atoms with Crippen molar-refractivity contribution in [3.8, 4) is 0 Å². The average Bonchev–Trinajstić information content (AvgIpc) is 2.91. The number of hydrogen-bond donors (Lipinski definition) is 1. The van der Waals surface area contributed by atoms with Crippen molar-refractivity contribution in [2.75, 3.05) is 38.1 Å². The lowest BCUT2D eigenvalue weighted by Crippen LogP contribution is -2.51. The van der Waals surface area contributed by atoms with Gasteiger partial charge in [-0.05, 0) is 13.0 Å². The van der Waals surface area contributed by atoms with E-state index in [-0.39, 0.29) is 12.1 Å². The third kappa shape index (κ3) is 3.15. The van der Waals surface area contributed by atoms with Crippen LogP contribution in [0.1, 0.15) is 6.92 Å². The summed E-state index contributed by atoms with van der Waals surface area (Å²) in [6.07, 6.45) is 1.60. The predicted molar refractivity (Wildman–Crippen MR) is 92.1 cm³/mol. The summed E-state index contributed by atoms with van der Waals surface area (Å²) in [6.45, 7) is 4.11. The van der Waals surface area contributed by atoms with E-state index >= 15 is 0 Å². The van der Waals surface area contributed by atoms with Gasteiger partial charge in [0.1, 0.15) is 0 Å². The molecule has 1 aromatic carbocycles. The summed E-state index contributed by atoms with van der Waals surface area (Å²) in [4.78, 5) is 27.5. The number of aryl methyl sites for hydroxylation is 1. The lowest BCUT2D eigenvalue weighted by atomic mass is 10.2. The molecule has 0 bridgehead atoms. The van der Waals surface area contributed by atoms with Crippen LogP contribution in [0.15, 0.2) is 30.5 Å². The maximum atomic E-state index is 12.5. The number of rotatable bonds is 2. The molecule has 1 aliphatic rings. The zero-order valence-electron chi connectivity index (χ0n) is 14.0. The van der Waals surface area contributed by atoms with Gasteiger partial charge in [0.2, 0.25) is 0 Å². The fourth-order valence-electron chi connectivity index (χ4n) is 2.94. The molecule has 1 aliphatic heterocycles. The molecular formula is C17H22N4O3. The number of carbonyl (C=O) groups is 2. The molecule has 1 aromatic heterocycles. The molecule has 3 amide bonds. The molecule has 128 valence electrons. The summed E-state index contributed by atoms with van der Waals surface area (Å²) in [5.41, 5.74) is 1.87. The minimum absolute atomic E-state index is 0.144. The summed E-state index contributed by atoms with van der Waals surface area (Å²) in [5.74, 6) is 0. The van der Waals surface area contributed by atoms with Gasteiger partial charge in [-0.3, -0.25) is 0 Å². The highest BCUT2D eigenvalue weighted by Gasteiger charge is 2.25. The highest BCUT2D eigenvalue weighted by molar-refractivity contribution is 6.01. The smallest absolute Gasteiger partial charge is 0.409 e. The van der Waals surface area contributed by atoms with E-state index in [1.165, 1.54) is 0 Å². The van der Waals surface area contributed by atoms with Crippen molar-refractivity contribution in [1.29, 1.82) is 0 Å². The van der Waals surface area contributed by atoms with Crippen molar-refractivity contribution in [3.05, 3.63) is 30.5 Å². The molecule has 0 radical (unpaired) electrons. The number of urea groups is 1. The number of benzene rings is 1. The number of carbonyl (C=O) groups excluding carboxylic acids is 2. The van der Waals surface area contributed by atoms with Crippen LogP contribution in [0.25, 0.3) is 10.9 Å². The van der Waals surface area contributed by atoms with Gasteiger partial charge in [-0.1, -0.05) is 18.2 Å². The van der Waals surface area contributed by atoms with Crippen LogP contribution in [0.3, 0.4) is 0 Å². The number of nitrogens with one attached hydrogen (secondary N) is 1. The zero-order chi connectivity index (χ0) is 17.1. The van der Waals surface area contributed by atoms with E-state index in [1.54, 1.807) is 16.7 Å². The highest BCUT2D eigenvalue weighted by atomic mass is 16.6. The number of ether oxygens (including phenoxy) is 1. The molecule has 0 spiro atoms. The average molecular weight is 330 g/mol. The van der Waals surface area contributed by atoms with E-state index in [1.807, 2.05) is 42.1 Å². The van der Waals surface area contributed by atoms with Crippen molar-refractivity contribution in [2.45, 2.75) is 6.92 Å². The quantitative estimate of drug-likeness (QED) is 0.920. The molecule has 1 N–H and O–H groups in total. The van der Waals surface area contributed by atoms with Crippen LogP contribution in [0.2, 0.25) is 0 Å². The summed E-state index contributed by atoms with van der Waals surface area (Å²) in [5, 5.41) is 3.99. The van der Waals surface area contributed by atoms with Gasteiger partial charge in [0.15, 0.2) is 0 Å². The van der Waals surface area contributed by atoms with Crippen molar-refractivity contribution < 1.29 is 14.3 Å². The zero-order valence-corrected chi connectivity index (χ0v) is 14.0. The highest BCUT2D eigenvalue weighted by Crippen LogP contribution is 2.25. The molecule has 1 saturated heterocycles. The maximum absolute atomic E-state index is 12.5. The summed E-state index contributed by atoms with van der Waals surface area (Å²) < 4.78 is 6.98. The molecule has 0 aliphatic carbocycles. The third-order valence-electron chi connectivity index (χ3n) is 4.23. The van der Waals surface area contributed by atoms with Crippen LogP contribution < -0.4 is 5.32 Å². The molecular weight excluding hydrogens is 308 g/mol. The molecule has 24 heavy (non-hydrogen) atoms. The fraction of sp³-hybridized carbons (Fsp3) is 0.412. The Morgan fingerprint density at radius 2 is 1.79 bits per heavy atom. The number of aromatic nitrogens is 1. The fourth-order valence-corrected chi connectivity index (χ4v) is 2.94. The summed E-state index contributed by atoms with van der Waals surface area (Å²) >= 11 is 0. The standard InChI is InChI=1S/C17H22N4O3/c1-3-24-17(23)21-10-8-20(9-11-21)16(22)18-14-12-19(2)15-7-5-4-6-13(14)15/h4-7,12H,3,8-11H2,1-2H3,(H,18,22). The number of piperazine rings is 1. The monoisotopic (exact) mass is 330 g/mol. The van der Waals surface area contributed by atoms with Crippen molar-refractivity contribution in [2.24, 2.45) is 7.05 Å². The number of para-hydroxylation sites is 1. The minimum atomic E-state index is -0.313. The SMILES string of the molecule is CCOC(=O)N1CCN(C(=O)Nc2cn(C)c3ccccc23)CC1. The van der Waals surface area contributed by atoms with Gasteiger partial charge >= 0.3 is 12.1 Å². The van der Waals surface area contributed by atoms with Crippen molar-refractivity contribution >= 4 is 28.7 Å². The second kappa shape index (κ2) is 6.82. The molecule has 7 heteroatoms. The lowest BCUT2D eigenvalue weighted by molar-refractivity contribution is 0.0869. The Morgan fingerprint density at radius 3 is 2.50 bits per heavy atom. The Hall–Kier alpha value is -2.70. The van der Waals surface area contributed by atoms with Crippen LogP contribution in [0.5, 0.6) is 0 Å². The lowest BCUT2D eigenvalue weighted by Gasteiger charge is -2.33. The first-order chi connectivity index (χ1) is 11.6. The molecule has 0 atom stereocenters. The van der Waals surface area contributed by atoms with Gasteiger partial charge in [-0.15, -0.1) is 0 Å². The molecule has 7 nitrogen and oxygen atoms in total. The van der Waals surface area contributed by atoms with Gasteiger partial charge in [-0.25, -0.2) is 9.59 Å². The van der Waals surface area contributed by atoms with Crippen molar-refractivity contribution in [3.63, 3.8) is 0 Å². The minimum Gasteiger partial charge on any atom is -0.450 e. The Labute approximate surface area is 140 Å². The second-order valence-corrected chi connectivity index (χ2v) is 5.77. The maximum Gasteiger partial charge on any atom is 0.409 e. The number of fused-ring (bicyclic) bond motifs is 1. The third-order valence-corrected chi connectivity index (χ3v) is 4.23. The van der Waals surface area contributed by atoms with E-state index < -0.39 is 0 Å². The predicted octanol–water partition coefficient (Wildman–Crippen LogP) is 2.48. The van der Waals surface area contributed by atoms with Crippen LogP contribution in [0, 0.1) is 0 Å². The Balaban J connectivity index is 1.63. The van der Waals surface area contributed by atoms with Crippen LogP contribution in [-0.4, -0.2) is 59.3 Å². The van der Waals surface area contributed by atoms with Crippen LogP contribution in [-0.2, 0) is 11.8 Å².